The SMILES string of the molecule is Cc1ncc(-c2ccc(C)c(S(=O)(=O)Nc3cccc(F)c3)c2)o1. The van der Waals surface area contributed by atoms with Crippen LogP contribution in [0.3, 0.4) is 0 Å². The number of hydrogen-bond donors (Lipinski definition) is 1. The fraction of sp³-hybridized carbons (Fsp3) is 0.118. The Kier molecular flexibility index (Phi) is 4.11. The van der Waals surface area contributed by atoms with Gasteiger partial charge < -0.3 is 4.42 Å². The molecule has 0 amide bonds. The molecule has 7 heteroatoms. The third-order valence-electron chi connectivity index (χ3n) is 3.46. The highest BCUT2D eigenvalue weighted by atomic mass is 32.2. The van der Waals surface area contributed by atoms with Crippen molar-refractivity contribution in [2.75, 3.05) is 4.72 Å². The van der Waals surface area contributed by atoms with E-state index in [1.807, 2.05) is 0 Å². The molecule has 1 aromatic heterocycles. The number of halogens is 1. The number of aryl methyl sites for hydroxylation is 2. The summed E-state index contributed by atoms with van der Waals surface area (Å²) < 4.78 is 46.4. The molecule has 3 aromatic rings. The first-order valence-electron chi connectivity index (χ1n) is 7.17. The van der Waals surface area contributed by atoms with Crippen molar-refractivity contribution < 1.29 is 17.2 Å². The third kappa shape index (κ3) is 3.30. The van der Waals surface area contributed by atoms with Crippen molar-refractivity contribution in [3.63, 3.8) is 0 Å². The first kappa shape index (κ1) is 16.2. The number of anilines is 1. The number of sulfonamides is 1. The summed E-state index contributed by atoms with van der Waals surface area (Å²) in [5.41, 5.74) is 1.33. The molecule has 124 valence electrons. The molecule has 0 saturated carbocycles. The van der Waals surface area contributed by atoms with E-state index in [9.17, 15) is 12.8 Å². The summed E-state index contributed by atoms with van der Waals surface area (Å²) in [6.45, 7) is 3.40. The minimum atomic E-state index is -3.86. The maximum absolute atomic E-state index is 13.3. The summed E-state index contributed by atoms with van der Waals surface area (Å²) in [7, 11) is -3.86. The molecule has 0 radical (unpaired) electrons. The van der Waals surface area contributed by atoms with Crippen LogP contribution in [0.15, 0.2) is 58.0 Å². The van der Waals surface area contributed by atoms with Crippen molar-refractivity contribution in [2.24, 2.45) is 0 Å². The third-order valence-corrected chi connectivity index (χ3v) is 4.98. The van der Waals surface area contributed by atoms with Gasteiger partial charge in [-0.3, -0.25) is 4.72 Å². The van der Waals surface area contributed by atoms with Crippen LogP contribution >= 0.6 is 0 Å². The number of rotatable bonds is 4. The van der Waals surface area contributed by atoms with Crippen molar-refractivity contribution in [3.05, 3.63) is 65.9 Å². The first-order valence-corrected chi connectivity index (χ1v) is 8.65. The van der Waals surface area contributed by atoms with E-state index in [2.05, 4.69) is 9.71 Å². The highest BCUT2D eigenvalue weighted by Gasteiger charge is 2.19. The molecule has 0 unspecified atom stereocenters. The zero-order valence-corrected chi connectivity index (χ0v) is 13.9. The fourth-order valence-electron chi connectivity index (χ4n) is 2.30. The Morgan fingerprint density at radius 3 is 2.58 bits per heavy atom. The highest BCUT2D eigenvalue weighted by molar-refractivity contribution is 7.92. The molecule has 0 atom stereocenters. The summed E-state index contributed by atoms with van der Waals surface area (Å²) in [4.78, 5) is 4.11. The minimum Gasteiger partial charge on any atom is -0.441 e. The van der Waals surface area contributed by atoms with E-state index >= 15 is 0 Å². The van der Waals surface area contributed by atoms with Gasteiger partial charge in [0, 0.05) is 12.5 Å². The molecular weight excluding hydrogens is 331 g/mol. The minimum absolute atomic E-state index is 0.0957. The monoisotopic (exact) mass is 346 g/mol. The lowest BCUT2D eigenvalue weighted by atomic mass is 10.1. The second-order valence-electron chi connectivity index (χ2n) is 5.34. The second kappa shape index (κ2) is 6.09. The lowest BCUT2D eigenvalue weighted by Crippen LogP contribution is -2.14. The maximum Gasteiger partial charge on any atom is 0.262 e. The van der Waals surface area contributed by atoms with Gasteiger partial charge in [0.05, 0.1) is 16.8 Å². The van der Waals surface area contributed by atoms with Crippen LogP contribution in [-0.4, -0.2) is 13.4 Å². The summed E-state index contributed by atoms with van der Waals surface area (Å²) in [5.74, 6) is 0.459. The molecular formula is C17H15FN2O3S. The molecule has 2 aromatic carbocycles. The topological polar surface area (TPSA) is 72.2 Å². The van der Waals surface area contributed by atoms with E-state index in [0.717, 1.165) is 6.07 Å². The van der Waals surface area contributed by atoms with Crippen LogP contribution in [0.1, 0.15) is 11.5 Å². The molecule has 24 heavy (non-hydrogen) atoms. The van der Waals surface area contributed by atoms with Crippen LogP contribution in [0, 0.1) is 19.7 Å². The molecule has 0 aliphatic heterocycles. The van der Waals surface area contributed by atoms with E-state index in [1.165, 1.54) is 30.5 Å². The van der Waals surface area contributed by atoms with Crippen molar-refractivity contribution in [1.29, 1.82) is 0 Å². The van der Waals surface area contributed by atoms with Crippen LogP contribution in [-0.2, 0) is 10.0 Å². The van der Waals surface area contributed by atoms with Crippen LogP contribution in [0.4, 0.5) is 10.1 Å². The number of oxazole rings is 1. The standard InChI is InChI=1S/C17H15FN2O3S/c1-11-6-7-13(16-10-19-12(2)23-16)8-17(11)24(21,22)20-15-5-3-4-14(18)9-15/h3-10,20H,1-2H3. The molecule has 0 aliphatic carbocycles. The number of nitrogens with zero attached hydrogens (tertiary/aromatic N) is 1. The molecule has 0 bridgehead atoms. The summed E-state index contributed by atoms with van der Waals surface area (Å²) in [6, 6.07) is 10.3. The molecule has 3 rings (SSSR count). The average molecular weight is 346 g/mol. The molecule has 0 aliphatic rings. The summed E-state index contributed by atoms with van der Waals surface area (Å²) in [5, 5.41) is 0. The number of aromatic nitrogens is 1. The van der Waals surface area contributed by atoms with Gasteiger partial charge >= 0.3 is 0 Å². The molecule has 0 spiro atoms. The predicted octanol–water partition coefficient (Wildman–Crippen LogP) is 3.90. The zero-order valence-electron chi connectivity index (χ0n) is 13.1. The second-order valence-corrected chi connectivity index (χ2v) is 6.99. The van der Waals surface area contributed by atoms with Gasteiger partial charge in [0.2, 0.25) is 0 Å². The maximum atomic E-state index is 13.3. The van der Waals surface area contributed by atoms with Gasteiger partial charge in [-0.05, 0) is 36.8 Å². The van der Waals surface area contributed by atoms with Gasteiger partial charge in [0.1, 0.15) is 5.82 Å². The lowest BCUT2D eigenvalue weighted by molar-refractivity contribution is 0.534. The van der Waals surface area contributed by atoms with Crippen molar-refractivity contribution in [3.8, 4) is 11.3 Å². The zero-order chi connectivity index (χ0) is 17.3. The van der Waals surface area contributed by atoms with Gasteiger partial charge in [-0.2, -0.15) is 0 Å². The van der Waals surface area contributed by atoms with Gasteiger partial charge in [0.15, 0.2) is 11.7 Å². The van der Waals surface area contributed by atoms with E-state index in [4.69, 9.17) is 4.42 Å². The summed E-state index contributed by atoms with van der Waals surface area (Å²) in [6.07, 6.45) is 1.54. The Morgan fingerprint density at radius 1 is 1.12 bits per heavy atom. The van der Waals surface area contributed by atoms with E-state index in [1.54, 1.807) is 26.0 Å². The van der Waals surface area contributed by atoms with Gasteiger partial charge in [0.25, 0.3) is 10.0 Å². The predicted molar refractivity (Wildman–Crippen MR) is 88.6 cm³/mol. The van der Waals surface area contributed by atoms with Crippen LogP contribution < -0.4 is 4.72 Å². The molecule has 0 saturated heterocycles. The Labute approximate surface area is 139 Å². The van der Waals surface area contributed by atoms with Crippen LogP contribution in [0.25, 0.3) is 11.3 Å². The Bertz CT molecular complexity index is 997. The Morgan fingerprint density at radius 2 is 1.92 bits per heavy atom. The average Bonchev–Trinajstić information content (AvgIpc) is 2.93. The van der Waals surface area contributed by atoms with Crippen molar-refractivity contribution >= 4 is 15.7 Å². The smallest absolute Gasteiger partial charge is 0.262 e. The first-order chi connectivity index (χ1) is 11.3. The van der Waals surface area contributed by atoms with E-state index in [0.29, 0.717) is 22.8 Å². The van der Waals surface area contributed by atoms with Crippen LogP contribution in [0.5, 0.6) is 0 Å². The van der Waals surface area contributed by atoms with E-state index < -0.39 is 15.8 Å². The molecule has 0 fully saturated rings. The number of hydrogen-bond acceptors (Lipinski definition) is 4. The molecule has 1 heterocycles. The van der Waals surface area contributed by atoms with Gasteiger partial charge in [-0.25, -0.2) is 17.8 Å². The Balaban J connectivity index is 2.01. The molecule has 5 nitrogen and oxygen atoms in total. The van der Waals surface area contributed by atoms with Gasteiger partial charge in [-0.1, -0.05) is 18.2 Å². The lowest BCUT2D eigenvalue weighted by Gasteiger charge is -2.11. The fourth-order valence-corrected chi connectivity index (χ4v) is 3.62. The quantitative estimate of drug-likeness (QED) is 0.778. The largest absolute Gasteiger partial charge is 0.441 e. The number of nitrogens with one attached hydrogen (secondary N) is 1. The number of benzene rings is 2. The van der Waals surface area contributed by atoms with Crippen LogP contribution in [0.2, 0.25) is 0 Å². The molecule has 1 N–H and O–H groups in total. The Hall–Kier alpha value is -2.67. The summed E-state index contributed by atoms with van der Waals surface area (Å²) >= 11 is 0. The van der Waals surface area contributed by atoms with E-state index in [-0.39, 0.29) is 10.6 Å². The van der Waals surface area contributed by atoms with Crippen molar-refractivity contribution in [1.82, 2.24) is 4.98 Å². The van der Waals surface area contributed by atoms with Gasteiger partial charge in [-0.15, -0.1) is 0 Å². The van der Waals surface area contributed by atoms with Crippen molar-refractivity contribution in [2.45, 2.75) is 18.7 Å². The normalized spacial score (nSPS) is 11.5. The highest BCUT2D eigenvalue weighted by Crippen LogP contribution is 2.27.